The number of nitrogens with zero attached hydrogens (tertiary/aromatic N) is 1. The van der Waals surface area contributed by atoms with Crippen LogP contribution in [0, 0.1) is 5.41 Å². The molecule has 1 aromatic rings. The average molecular weight is 288 g/mol. The maximum Gasteiger partial charge on any atom is 0.331 e. The number of amides is 4. The van der Waals surface area contributed by atoms with Crippen LogP contribution in [0.15, 0.2) is 24.3 Å². The number of fused-ring (bicyclic) bond motifs is 1. The lowest BCUT2D eigenvalue weighted by Gasteiger charge is -2.40. The second-order valence-electron chi connectivity index (χ2n) is 5.75. The van der Waals surface area contributed by atoms with Gasteiger partial charge in [0.2, 0.25) is 11.8 Å². The SMILES string of the molecule is CC1(C)C(=O)NC(=O)N(C2CCOc3ccccc32)C1=O. The molecular formula is C15H16N2O4. The van der Waals surface area contributed by atoms with Gasteiger partial charge in [0.15, 0.2) is 0 Å². The summed E-state index contributed by atoms with van der Waals surface area (Å²) in [6.45, 7) is 3.47. The van der Waals surface area contributed by atoms with Crippen LogP contribution in [0.2, 0.25) is 0 Å². The first kappa shape index (κ1) is 13.6. The summed E-state index contributed by atoms with van der Waals surface area (Å²) in [5.41, 5.74) is -0.460. The molecule has 4 amide bonds. The zero-order valence-corrected chi connectivity index (χ0v) is 11.9. The van der Waals surface area contributed by atoms with E-state index in [0.717, 1.165) is 10.5 Å². The Hall–Kier alpha value is -2.37. The van der Waals surface area contributed by atoms with Crippen LogP contribution in [0.4, 0.5) is 4.79 Å². The van der Waals surface area contributed by atoms with Gasteiger partial charge in [0.05, 0.1) is 12.6 Å². The molecule has 0 saturated carbocycles. The highest BCUT2D eigenvalue weighted by Crippen LogP contribution is 2.39. The summed E-state index contributed by atoms with van der Waals surface area (Å²) in [6.07, 6.45) is 0.514. The highest BCUT2D eigenvalue weighted by molar-refractivity contribution is 6.18. The molecule has 1 saturated heterocycles. The summed E-state index contributed by atoms with van der Waals surface area (Å²) in [7, 11) is 0. The van der Waals surface area contributed by atoms with Crippen LogP contribution in [-0.4, -0.2) is 29.4 Å². The molecule has 6 nitrogen and oxygen atoms in total. The molecule has 1 atom stereocenters. The third kappa shape index (κ3) is 1.98. The summed E-state index contributed by atoms with van der Waals surface area (Å²) in [5, 5.41) is 2.26. The highest BCUT2D eigenvalue weighted by atomic mass is 16.5. The topological polar surface area (TPSA) is 75.7 Å². The van der Waals surface area contributed by atoms with Gasteiger partial charge in [-0.15, -0.1) is 0 Å². The Morgan fingerprint density at radius 2 is 1.95 bits per heavy atom. The van der Waals surface area contributed by atoms with Gasteiger partial charge in [0, 0.05) is 12.0 Å². The van der Waals surface area contributed by atoms with Gasteiger partial charge in [-0.3, -0.25) is 19.8 Å². The van der Waals surface area contributed by atoms with Crippen LogP contribution in [0.3, 0.4) is 0 Å². The second kappa shape index (κ2) is 4.58. The lowest BCUT2D eigenvalue weighted by atomic mass is 9.86. The van der Waals surface area contributed by atoms with Gasteiger partial charge in [-0.1, -0.05) is 18.2 Å². The van der Waals surface area contributed by atoms with E-state index >= 15 is 0 Å². The van der Waals surface area contributed by atoms with Crippen molar-refractivity contribution in [2.24, 2.45) is 5.41 Å². The minimum absolute atomic E-state index is 0.408. The number of carbonyl (C=O) groups excluding carboxylic acids is 3. The normalized spacial score (nSPS) is 24.2. The fourth-order valence-corrected chi connectivity index (χ4v) is 2.68. The number of imide groups is 2. The van der Waals surface area contributed by atoms with E-state index in [1.54, 1.807) is 0 Å². The average Bonchev–Trinajstić information content (AvgIpc) is 2.46. The molecule has 6 heteroatoms. The minimum atomic E-state index is -1.25. The summed E-state index contributed by atoms with van der Waals surface area (Å²) >= 11 is 0. The number of para-hydroxylation sites is 1. The van der Waals surface area contributed by atoms with Crippen molar-refractivity contribution in [3.8, 4) is 5.75 Å². The molecule has 1 N–H and O–H groups in total. The molecule has 1 fully saturated rings. The van der Waals surface area contributed by atoms with Gasteiger partial charge in [0.25, 0.3) is 0 Å². The Kier molecular flexibility index (Phi) is 2.97. The molecule has 2 aliphatic heterocycles. The zero-order chi connectivity index (χ0) is 15.2. The first-order valence-corrected chi connectivity index (χ1v) is 6.83. The highest BCUT2D eigenvalue weighted by Gasteiger charge is 2.50. The molecule has 3 rings (SSSR count). The summed E-state index contributed by atoms with van der Waals surface area (Å²) < 4.78 is 5.55. The largest absolute Gasteiger partial charge is 0.493 e. The van der Waals surface area contributed by atoms with E-state index in [0.29, 0.717) is 18.8 Å². The van der Waals surface area contributed by atoms with Crippen molar-refractivity contribution >= 4 is 17.8 Å². The smallest absolute Gasteiger partial charge is 0.331 e. The van der Waals surface area contributed by atoms with E-state index in [1.807, 2.05) is 24.3 Å². The number of urea groups is 1. The van der Waals surface area contributed by atoms with Crippen LogP contribution in [0.5, 0.6) is 5.75 Å². The van der Waals surface area contributed by atoms with Crippen molar-refractivity contribution in [1.29, 1.82) is 0 Å². The number of ether oxygens (including phenoxy) is 1. The minimum Gasteiger partial charge on any atom is -0.493 e. The fourth-order valence-electron chi connectivity index (χ4n) is 2.68. The molecule has 0 spiro atoms. The Morgan fingerprint density at radius 3 is 2.71 bits per heavy atom. The van der Waals surface area contributed by atoms with Gasteiger partial charge in [0.1, 0.15) is 11.2 Å². The van der Waals surface area contributed by atoms with Crippen molar-refractivity contribution in [3.05, 3.63) is 29.8 Å². The molecule has 0 aliphatic carbocycles. The number of nitrogens with one attached hydrogen (secondary N) is 1. The van der Waals surface area contributed by atoms with Crippen LogP contribution >= 0.6 is 0 Å². The Morgan fingerprint density at radius 1 is 1.24 bits per heavy atom. The van der Waals surface area contributed by atoms with Crippen molar-refractivity contribution in [2.45, 2.75) is 26.3 Å². The number of benzene rings is 1. The van der Waals surface area contributed by atoms with E-state index in [2.05, 4.69) is 5.32 Å². The molecule has 0 aromatic heterocycles. The Labute approximate surface area is 122 Å². The van der Waals surface area contributed by atoms with Gasteiger partial charge in [-0.2, -0.15) is 0 Å². The Bertz CT molecular complexity index is 638. The fraction of sp³-hybridized carbons (Fsp3) is 0.400. The van der Waals surface area contributed by atoms with Crippen molar-refractivity contribution in [3.63, 3.8) is 0 Å². The number of barbiturate groups is 1. The number of rotatable bonds is 1. The lowest BCUT2D eigenvalue weighted by molar-refractivity contribution is -0.151. The van der Waals surface area contributed by atoms with Crippen molar-refractivity contribution in [2.75, 3.05) is 6.61 Å². The molecular weight excluding hydrogens is 272 g/mol. The molecule has 110 valence electrons. The third-order valence-corrected chi connectivity index (χ3v) is 4.00. The lowest BCUT2D eigenvalue weighted by Crippen LogP contribution is -2.62. The van der Waals surface area contributed by atoms with Crippen LogP contribution < -0.4 is 10.1 Å². The molecule has 2 aliphatic rings. The van der Waals surface area contributed by atoms with E-state index in [9.17, 15) is 14.4 Å². The van der Waals surface area contributed by atoms with Crippen LogP contribution in [0.1, 0.15) is 31.9 Å². The van der Waals surface area contributed by atoms with E-state index in [1.165, 1.54) is 13.8 Å². The van der Waals surface area contributed by atoms with Gasteiger partial charge >= 0.3 is 6.03 Å². The predicted molar refractivity (Wildman–Crippen MR) is 73.5 cm³/mol. The Balaban J connectivity index is 2.03. The van der Waals surface area contributed by atoms with Crippen LogP contribution in [0.25, 0.3) is 0 Å². The van der Waals surface area contributed by atoms with Crippen LogP contribution in [-0.2, 0) is 9.59 Å². The van der Waals surface area contributed by atoms with Crippen molar-refractivity contribution < 1.29 is 19.1 Å². The third-order valence-electron chi connectivity index (χ3n) is 4.00. The molecule has 0 radical (unpaired) electrons. The molecule has 0 bridgehead atoms. The van der Waals surface area contributed by atoms with E-state index in [4.69, 9.17) is 4.74 Å². The summed E-state index contributed by atoms with van der Waals surface area (Å²) in [5.74, 6) is -0.365. The van der Waals surface area contributed by atoms with Gasteiger partial charge in [-0.05, 0) is 19.9 Å². The maximum absolute atomic E-state index is 12.6. The summed E-state index contributed by atoms with van der Waals surface area (Å²) in [6, 6.07) is 6.25. The quantitative estimate of drug-likeness (QED) is 0.797. The predicted octanol–water partition coefficient (Wildman–Crippen LogP) is 1.61. The molecule has 21 heavy (non-hydrogen) atoms. The number of carbonyl (C=O) groups is 3. The van der Waals surface area contributed by atoms with E-state index in [-0.39, 0.29) is 0 Å². The number of hydrogen-bond donors (Lipinski definition) is 1. The van der Waals surface area contributed by atoms with Crippen molar-refractivity contribution in [1.82, 2.24) is 10.2 Å². The first-order valence-electron chi connectivity index (χ1n) is 6.83. The number of hydrogen-bond acceptors (Lipinski definition) is 4. The van der Waals surface area contributed by atoms with E-state index < -0.39 is 29.3 Å². The molecule has 1 unspecified atom stereocenters. The molecule has 2 heterocycles. The zero-order valence-electron chi connectivity index (χ0n) is 11.9. The summed E-state index contributed by atoms with van der Waals surface area (Å²) in [4.78, 5) is 37.7. The van der Waals surface area contributed by atoms with Gasteiger partial charge in [-0.25, -0.2) is 4.79 Å². The maximum atomic E-state index is 12.6. The van der Waals surface area contributed by atoms with Gasteiger partial charge < -0.3 is 4.74 Å². The monoisotopic (exact) mass is 288 g/mol. The second-order valence-corrected chi connectivity index (χ2v) is 5.75. The standard InChI is InChI=1S/C15H16N2O4/c1-15(2)12(18)16-14(20)17(13(15)19)10-7-8-21-11-6-4-3-5-9(10)11/h3-6,10H,7-8H2,1-2H3,(H,16,18,20). The first-order chi connectivity index (χ1) is 9.93. The molecule has 1 aromatic carbocycles.